The highest BCUT2D eigenvalue weighted by molar-refractivity contribution is 4.97. The molecule has 96 valence electrons. The van der Waals surface area contributed by atoms with Crippen LogP contribution >= 0.6 is 0 Å². The topological polar surface area (TPSA) is 47.3 Å². The first-order chi connectivity index (χ1) is 7.55. The molecule has 1 saturated carbocycles. The molecule has 1 rings (SSSR count). The first-order valence-corrected chi connectivity index (χ1v) is 6.65. The number of ether oxygens (including phenoxy) is 1. The summed E-state index contributed by atoms with van der Waals surface area (Å²) < 4.78 is 6.11. The SMILES string of the molecule is CCOC1(C(NN)C(C)C)CCCC(C)C1. The summed E-state index contributed by atoms with van der Waals surface area (Å²) in [6, 6.07) is 0.259. The highest BCUT2D eigenvalue weighted by Crippen LogP contribution is 2.39. The fourth-order valence-corrected chi connectivity index (χ4v) is 3.29. The van der Waals surface area contributed by atoms with Crippen LogP contribution in [0, 0.1) is 11.8 Å². The molecule has 3 heteroatoms. The summed E-state index contributed by atoms with van der Waals surface area (Å²) in [6.45, 7) is 9.60. The zero-order valence-corrected chi connectivity index (χ0v) is 11.3. The Kier molecular flexibility index (Phi) is 5.22. The molecule has 3 unspecified atom stereocenters. The average Bonchev–Trinajstić information content (AvgIpc) is 2.18. The molecule has 3 atom stereocenters. The maximum atomic E-state index is 6.11. The summed E-state index contributed by atoms with van der Waals surface area (Å²) in [5.74, 6) is 6.98. The van der Waals surface area contributed by atoms with E-state index in [0.29, 0.717) is 5.92 Å². The van der Waals surface area contributed by atoms with Gasteiger partial charge in [0.2, 0.25) is 0 Å². The molecular formula is C13H28N2O. The van der Waals surface area contributed by atoms with Crippen LogP contribution in [-0.4, -0.2) is 18.2 Å². The minimum atomic E-state index is -0.0463. The van der Waals surface area contributed by atoms with E-state index < -0.39 is 0 Å². The molecule has 0 bridgehead atoms. The van der Waals surface area contributed by atoms with Gasteiger partial charge < -0.3 is 4.74 Å². The molecule has 3 nitrogen and oxygen atoms in total. The van der Waals surface area contributed by atoms with Crippen molar-refractivity contribution in [1.29, 1.82) is 0 Å². The van der Waals surface area contributed by atoms with Crippen molar-refractivity contribution >= 4 is 0 Å². The minimum Gasteiger partial charge on any atom is -0.374 e. The standard InChI is InChI=1S/C13H28N2O/c1-5-16-13(12(15-14)10(2)3)8-6-7-11(4)9-13/h10-12,15H,5-9,14H2,1-4H3. The van der Waals surface area contributed by atoms with Gasteiger partial charge in [0.25, 0.3) is 0 Å². The Morgan fingerprint density at radius 3 is 2.62 bits per heavy atom. The summed E-state index contributed by atoms with van der Waals surface area (Å²) in [4.78, 5) is 0. The van der Waals surface area contributed by atoms with E-state index in [1.54, 1.807) is 0 Å². The van der Waals surface area contributed by atoms with E-state index in [2.05, 4.69) is 33.1 Å². The molecule has 3 N–H and O–H groups in total. The van der Waals surface area contributed by atoms with Gasteiger partial charge in [-0.15, -0.1) is 0 Å². The molecule has 0 aromatic carbocycles. The number of hydrazine groups is 1. The summed E-state index contributed by atoms with van der Waals surface area (Å²) in [5, 5.41) is 0. The second kappa shape index (κ2) is 5.99. The molecule has 0 radical (unpaired) electrons. The Labute approximate surface area is 100 Å². The van der Waals surface area contributed by atoms with Crippen molar-refractivity contribution in [2.75, 3.05) is 6.61 Å². The summed E-state index contributed by atoms with van der Waals surface area (Å²) >= 11 is 0. The number of hydrogen-bond acceptors (Lipinski definition) is 3. The summed E-state index contributed by atoms with van der Waals surface area (Å²) in [5.41, 5.74) is 2.95. The van der Waals surface area contributed by atoms with E-state index in [1.165, 1.54) is 12.8 Å². The van der Waals surface area contributed by atoms with Crippen LogP contribution in [0.4, 0.5) is 0 Å². The van der Waals surface area contributed by atoms with Gasteiger partial charge in [-0.2, -0.15) is 0 Å². The van der Waals surface area contributed by atoms with Crippen LogP contribution in [0.5, 0.6) is 0 Å². The molecule has 0 spiro atoms. The van der Waals surface area contributed by atoms with E-state index in [4.69, 9.17) is 10.6 Å². The van der Waals surface area contributed by atoms with E-state index in [-0.39, 0.29) is 11.6 Å². The Bertz CT molecular complexity index is 204. The second-order valence-electron chi connectivity index (χ2n) is 5.59. The van der Waals surface area contributed by atoms with Crippen molar-refractivity contribution in [2.45, 2.75) is 65.0 Å². The zero-order valence-electron chi connectivity index (χ0n) is 11.3. The fraction of sp³-hybridized carbons (Fsp3) is 1.00. The molecule has 1 aliphatic carbocycles. The van der Waals surface area contributed by atoms with Gasteiger partial charge in [0.1, 0.15) is 0 Å². The smallest absolute Gasteiger partial charge is 0.0853 e. The quantitative estimate of drug-likeness (QED) is 0.561. The number of rotatable bonds is 5. The Hall–Kier alpha value is -0.120. The lowest BCUT2D eigenvalue weighted by Crippen LogP contribution is -2.59. The van der Waals surface area contributed by atoms with Crippen molar-refractivity contribution in [1.82, 2.24) is 5.43 Å². The lowest BCUT2D eigenvalue weighted by Gasteiger charge is -2.46. The molecule has 0 heterocycles. The Morgan fingerprint density at radius 2 is 2.19 bits per heavy atom. The molecule has 1 fully saturated rings. The van der Waals surface area contributed by atoms with Crippen molar-refractivity contribution in [2.24, 2.45) is 17.7 Å². The van der Waals surface area contributed by atoms with Crippen LogP contribution in [0.15, 0.2) is 0 Å². The third-order valence-corrected chi connectivity index (χ3v) is 3.84. The van der Waals surface area contributed by atoms with E-state index in [0.717, 1.165) is 25.4 Å². The highest BCUT2D eigenvalue weighted by Gasteiger charge is 2.43. The predicted molar refractivity (Wildman–Crippen MR) is 67.9 cm³/mol. The lowest BCUT2D eigenvalue weighted by atomic mass is 9.72. The van der Waals surface area contributed by atoms with Gasteiger partial charge >= 0.3 is 0 Å². The number of nitrogens with one attached hydrogen (secondary N) is 1. The number of hydrogen-bond donors (Lipinski definition) is 2. The van der Waals surface area contributed by atoms with Crippen LogP contribution in [0.2, 0.25) is 0 Å². The van der Waals surface area contributed by atoms with Gasteiger partial charge in [0, 0.05) is 6.61 Å². The predicted octanol–water partition coefficient (Wildman–Crippen LogP) is 2.46. The monoisotopic (exact) mass is 228 g/mol. The highest BCUT2D eigenvalue weighted by atomic mass is 16.5. The molecular weight excluding hydrogens is 200 g/mol. The van der Waals surface area contributed by atoms with Crippen molar-refractivity contribution in [3.63, 3.8) is 0 Å². The summed E-state index contributed by atoms with van der Waals surface area (Å²) in [7, 11) is 0. The minimum absolute atomic E-state index is 0.0463. The largest absolute Gasteiger partial charge is 0.374 e. The molecule has 0 aromatic rings. The summed E-state index contributed by atoms with van der Waals surface area (Å²) in [6.07, 6.45) is 4.85. The Morgan fingerprint density at radius 1 is 1.50 bits per heavy atom. The maximum Gasteiger partial charge on any atom is 0.0853 e. The average molecular weight is 228 g/mol. The van der Waals surface area contributed by atoms with Gasteiger partial charge in [-0.05, 0) is 31.6 Å². The van der Waals surface area contributed by atoms with E-state index >= 15 is 0 Å². The van der Waals surface area contributed by atoms with Crippen molar-refractivity contribution in [3.8, 4) is 0 Å². The third kappa shape index (κ3) is 2.96. The van der Waals surface area contributed by atoms with Gasteiger partial charge in [-0.25, -0.2) is 0 Å². The van der Waals surface area contributed by atoms with Crippen LogP contribution in [0.1, 0.15) is 53.4 Å². The first-order valence-electron chi connectivity index (χ1n) is 6.65. The normalized spacial score (nSPS) is 33.0. The van der Waals surface area contributed by atoms with Crippen LogP contribution in [0.3, 0.4) is 0 Å². The van der Waals surface area contributed by atoms with Crippen molar-refractivity contribution in [3.05, 3.63) is 0 Å². The molecule has 16 heavy (non-hydrogen) atoms. The molecule has 0 amide bonds. The zero-order chi connectivity index (χ0) is 12.2. The fourth-order valence-electron chi connectivity index (χ4n) is 3.29. The van der Waals surface area contributed by atoms with Crippen LogP contribution in [-0.2, 0) is 4.74 Å². The van der Waals surface area contributed by atoms with Gasteiger partial charge in [0.15, 0.2) is 0 Å². The van der Waals surface area contributed by atoms with Gasteiger partial charge in [-0.1, -0.05) is 33.6 Å². The maximum absolute atomic E-state index is 6.11. The first kappa shape index (κ1) is 13.9. The molecule has 1 aliphatic rings. The third-order valence-electron chi connectivity index (χ3n) is 3.84. The van der Waals surface area contributed by atoms with Gasteiger partial charge in [-0.3, -0.25) is 11.3 Å². The Balaban J connectivity index is 2.84. The van der Waals surface area contributed by atoms with Crippen LogP contribution in [0.25, 0.3) is 0 Å². The van der Waals surface area contributed by atoms with Crippen molar-refractivity contribution < 1.29 is 4.74 Å². The second-order valence-corrected chi connectivity index (χ2v) is 5.59. The number of nitrogens with two attached hydrogens (primary N) is 1. The van der Waals surface area contributed by atoms with E-state index in [9.17, 15) is 0 Å². The van der Waals surface area contributed by atoms with Gasteiger partial charge in [0.05, 0.1) is 11.6 Å². The molecule has 0 aliphatic heterocycles. The molecule has 0 saturated heterocycles. The lowest BCUT2D eigenvalue weighted by molar-refractivity contribution is -0.109. The van der Waals surface area contributed by atoms with Crippen LogP contribution < -0.4 is 11.3 Å². The molecule has 0 aromatic heterocycles. The van der Waals surface area contributed by atoms with E-state index in [1.807, 2.05) is 0 Å².